The normalized spacial score (nSPS) is 10.8. The van der Waals surface area contributed by atoms with Crippen molar-refractivity contribution < 1.29 is 19.1 Å². The van der Waals surface area contributed by atoms with Crippen LogP contribution in [0.2, 0.25) is 0 Å². The van der Waals surface area contributed by atoms with Gasteiger partial charge in [-0.05, 0) is 32.9 Å². The van der Waals surface area contributed by atoms with E-state index in [0.717, 1.165) is 0 Å². The molecule has 0 saturated heterocycles. The van der Waals surface area contributed by atoms with Crippen LogP contribution in [-0.2, 0) is 14.3 Å². The zero-order valence-corrected chi connectivity index (χ0v) is 11.8. The first-order valence-electron chi connectivity index (χ1n) is 6.33. The highest BCUT2D eigenvalue weighted by Crippen LogP contribution is 2.16. The molecule has 0 heterocycles. The van der Waals surface area contributed by atoms with Gasteiger partial charge in [-0.15, -0.1) is 0 Å². The van der Waals surface area contributed by atoms with Crippen molar-refractivity contribution in [2.24, 2.45) is 5.10 Å². The molecule has 0 aromatic heterocycles. The van der Waals surface area contributed by atoms with Crippen LogP contribution in [0.4, 0.5) is 5.69 Å². The maximum absolute atomic E-state index is 11.7. The average molecular weight is 278 g/mol. The van der Waals surface area contributed by atoms with Gasteiger partial charge in [-0.2, -0.15) is 5.10 Å². The van der Waals surface area contributed by atoms with Gasteiger partial charge in [0.25, 0.3) is 0 Å². The number of carbonyl (C=O) groups is 2. The Hall–Kier alpha value is -2.37. The third-order valence-corrected chi connectivity index (χ3v) is 2.34. The monoisotopic (exact) mass is 278 g/mol. The lowest BCUT2D eigenvalue weighted by Crippen LogP contribution is -2.16. The summed E-state index contributed by atoms with van der Waals surface area (Å²) in [5.74, 6) is -0.951. The molecule has 0 unspecified atom stereocenters. The molecule has 0 atom stereocenters. The number of nitrogens with one attached hydrogen (secondary N) is 1. The Morgan fingerprint density at radius 2 is 1.80 bits per heavy atom. The van der Waals surface area contributed by atoms with Crippen LogP contribution in [0, 0.1) is 0 Å². The van der Waals surface area contributed by atoms with Gasteiger partial charge in [0.05, 0.1) is 24.5 Å². The number of nitrogens with zero attached hydrogens (tertiary/aromatic N) is 1. The fraction of sp³-hybridized carbons (Fsp3) is 0.357. The number of para-hydroxylation sites is 1. The molecule has 0 spiro atoms. The number of hydrogen-bond acceptors (Lipinski definition) is 6. The minimum atomic E-state index is -0.506. The summed E-state index contributed by atoms with van der Waals surface area (Å²) in [7, 11) is 0. The maximum Gasteiger partial charge on any atom is 0.354 e. The van der Waals surface area contributed by atoms with Crippen molar-refractivity contribution in [3.05, 3.63) is 29.8 Å². The Kier molecular flexibility index (Phi) is 6.22. The van der Waals surface area contributed by atoms with Crippen LogP contribution in [0.25, 0.3) is 0 Å². The van der Waals surface area contributed by atoms with Crippen molar-refractivity contribution >= 4 is 23.3 Å². The molecular weight excluding hydrogens is 260 g/mol. The SMILES string of the molecule is CCOC(=O)/C(C)=N/Nc1ccccc1C(=O)OCC. The van der Waals surface area contributed by atoms with Crippen molar-refractivity contribution in [2.75, 3.05) is 18.6 Å². The molecule has 108 valence electrons. The van der Waals surface area contributed by atoms with Crippen LogP contribution >= 0.6 is 0 Å². The molecule has 6 heteroatoms. The molecule has 0 bridgehead atoms. The fourth-order valence-corrected chi connectivity index (χ4v) is 1.39. The zero-order chi connectivity index (χ0) is 15.0. The van der Waals surface area contributed by atoms with Gasteiger partial charge in [-0.3, -0.25) is 5.43 Å². The molecule has 1 N–H and O–H groups in total. The predicted molar refractivity (Wildman–Crippen MR) is 75.8 cm³/mol. The Morgan fingerprint density at radius 1 is 1.15 bits per heavy atom. The Labute approximate surface area is 117 Å². The molecule has 0 amide bonds. The molecule has 0 radical (unpaired) electrons. The minimum absolute atomic E-state index is 0.172. The second-order valence-corrected chi connectivity index (χ2v) is 3.80. The smallest absolute Gasteiger partial charge is 0.354 e. The molecule has 0 saturated carbocycles. The van der Waals surface area contributed by atoms with Crippen molar-refractivity contribution in [1.82, 2.24) is 0 Å². The highest BCUT2D eigenvalue weighted by atomic mass is 16.5. The molecule has 1 rings (SSSR count). The van der Waals surface area contributed by atoms with Crippen LogP contribution in [-0.4, -0.2) is 30.9 Å². The topological polar surface area (TPSA) is 77.0 Å². The number of benzene rings is 1. The first-order valence-corrected chi connectivity index (χ1v) is 6.33. The number of hydrazone groups is 1. The summed E-state index contributed by atoms with van der Waals surface area (Å²) >= 11 is 0. The third-order valence-electron chi connectivity index (χ3n) is 2.34. The Balaban J connectivity index is 2.85. The molecule has 1 aromatic rings. The quantitative estimate of drug-likeness (QED) is 0.490. The highest BCUT2D eigenvalue weighted by molar-refractivity contribution is 6.35. The largest absolute Gasteiger partial charge is 0.462 e. The lowest BCUT2D eigenvalue weighted by Gasteiger charge is -2.08. The molecule has 0 aliphatic heterocycles. The number of carbonyl (C=O) groups excluding carboxylic acids is 2. The van der Waals surface area contributed by atoms with E-state index in [1.807, 2.05) is 0 Å². The van der Waals surface area contributed by atoms with Crippen LogP contribution in [0.3, 0.4) is 0 Å². The van der Waals surface area contributed by atoms with Crippen molar-refractivity contribution in [3.63, 3.8) is 0 Å². The lowest BCUT2D eigenvalue weighted by atomic mass is 10.2. The van der Waals surface area contributed by atoms with E-state index >= 15 is 0 Å². The number of ether oxygens (including phenoxy) is 2. The summed E-state index contributed by atoms with van der Waals surface area (Å²) in [6.45, 7) is 5.55. The Morgan fingerprint density at radius 3 is 2.45 bits per heavy atom. The fourth-order valence-electron chi connectivity index (χ4n) is 1.39. The van der Waals surface area contributed by atoms with Gasteiger partial charge >= 0.3 is 11.9 Å². The lowest BCUT2D eigenvalue weighted by molar-refractivity contribution is -0.135. The van der Waals surface area contributed by atoms with E-state index in [-0.39, 0.29) is 18.9 Å². The van der Waals surface area contributed by atoms with Gasteiger partial charge in [0.1, 0.15) is 5.71 Å². The summed E-state index contributed by atoms with van der Waals surface area (Å²) in [6, 6.07) is 6.77. The number of hydrogen-bond donors (Lipinski definition) is 1. The van der Waals surface area contributed by atoms with Crippen LogP contribution in [0.15, 0.2) is 29.4 Å². The molecule has 0 fully saturated rings. The van der Waals surface area contributed by atoms with E-state index in [9.17, 15) is 9.59 Å². The van der Waals surface area contributed by atoms with Crippen LogP contribution in [0.1, 0.15) is 31.1 Å². The van der Waals surface area contributed by atoms with Gasteiger partial charge in [0.2, 0.25) is 0 Å². The Bertz CT molecular complexity index is 512. The number of anilines is 1. The van der Waals surface area contributed by atoms with Crippen molar-refractivity contribution in [2.45, 2.75) is 20.8 Å². The second-order valence-electron chi connectivity index (χ2n) is 3.80. The van der Waals surface area contributed by atoms with E-state index in [2.05, 4.69) is 10.5 Å². The summed E-state index contributed by atoms with van der Waals surface area (Å²) in [4.78, 5) is 23.1. The first kappa shape index (κ1) is 15.7. The van der Waals surface area contributed by atoms with Gasteiger partial charge in [0, 0.05) is 0 Å². The van der Waals surface area contributed by atoms with Gasteiger partial charge < -0.3 is 9.47 Å². The summed E-state index contributed by atoms with van der Waals surface area (Å²) in [5, 5.41) is 3.90. The summed E-state index contributed by atoms with van der Waals surface area (Å²) in [5.41, 5.74) is 3.67. The molecule has 0 aliphatic carbocycles. The third kappa shape index (κ3) is 4.38. The molecule has 1 aromatic carbocycles. The van der Waals surface area contributed by atoms with Crippen LogP contribution < -0.4 is 5.43 Å². The highest BCUT2D eigenvalue weighted by Gasteiger charge is 2.12. The number of esters is 2. The first-order chi connectivity index (χ1) is 9.60. The van der Waals surface area contributed by atoms with Crippen LogP contribution in [0.5, 0.6) is 0 Å². The van der Waals surface area contributed by atoms with Gasteiger partial charge in [0.15, 0.2) is 0 Å². The van der Waals surface area contributed by atoms with Gasteiger partial charge in [-0.25, -0.2) is 9.59 Å². The summed E-state index contributed by atoms with van der Waals surface area (Å²) < 4.78 is 9.75. The molecule has 0 aliphatic rings. The second kappa shape index (κ2) is 7.93. The van der Waals surface area contributed by atoms with Crippen molar-refractivity contribution in [1.29, 1.82) is 0 Å². The zero-order valence-electron chi connectivity index (χ0n) is 11.8. The van der Waals surface area contributed by atoms with E-state index < -0.39 is 11.9 Å². The van der Waals surface area contributed by atoms with Crippen molar-refractivity contribution in [3.8, 4) is 0 Å². The van der Waals surface area contributed by atoms with E-state index in [4.69, 9.17) is 9.47 Å². The molecular formula is C14H18N2O4. The van der Waals surface area contributed by atoms with E-state index in [0.29, 0.717) is 11.3 Å². The standard InChI is InChI=1S/C14H18N2O4/c1-4-19-13(17)10(3)15-16-12-9-7-6-8-11(12)14(18)20-5-2/h6-9,16H,4-5H2,1-3H3/b15-10+. The number of rotatable bonds is 6. The average Bonchev–Trinajstić information content (AvgIpc) is 2.45. The van der Waals surface area contributed by atoms with E-state index in [1.165, 1.54) is 6.92 Å². The maximum atomic E-state index is 11.7. The predicted octanol–water partition coefficient (Wildman–Crippen LogP) is 2.21. The molecule has 6 nitrogen and oxygen atoms in total. The van der Waals surface area contributed by atoms with Gasteiger partial charge in [-0.1, -0.05) is 12.1 Å². The minimum Gasteiger partial charge on any atom is -0.462 e. The molecule has 20 heavy (non-hydrogen) atoms. The van der Waals surface area contributed by atoms with E-state index in [1.54, 1.807) is 38.1 Å². The summed E-state index contributed by atoms with van der Waals surface area (Å²) in [6.07, 6.45) is 0.